The second-order valence-electron chi connectivity index (χ2n) is 10.1. The Morgan fingerprint density at radius 2 is 1.81 bits per heavy atom. The molecular weight excluding hydrogens is 582 g/mol. The summed E-state index contributed by atoms with van der Waals surface area (Å²) in [6, 6.07) is 6.85. The number of carbonyl (C=O) groups excluding carboxylic acids is 4. The number of piperidine rings is 1. The van der Waals surface area contributed by atoms with Gasteiger partial charge >= 0.3 is 13.7 Å². The maximum atomic E-state index is 14.5. The van der Waals surface area contributed by atoms with Crippen LogP contribution in [0.3, 0.4) is 0 Å². The molecule has 0 spiro atoms. The summed E-state index contributed by atoms with van der Waals surface area (Å²) in [5.74, 6) is -7.92. The van der Waals surface area contributed by atoms with Crippen molar-refractivity contribution >= 4 is 31.5 Å². The Bertz CT molecular complexity index is 1470. The minimum atomic E-state index is -3.99. The third kappa shape index (κ3) is 6.12. The van der Waals surface area contributed by atoms with E-state index >= 15 is 0 Å². The first-order valence-corrected chi connectivity index (χ1v) is 14.6. The zero-order valence-corrected chi connectivity index (χ0v) is 23.3. The number of hydrogen-bond donors (Lipinski definition) is 1. The molecule has 2 aromatic rings. The van der Waals surface area contributed by atoms with E-state index in [4.69, 9.17) is 13.6 Å². The number of rotatable bonds is 11. The molecule has 2 heterocycles. The first kappa shape index (κ1) is 29.9. The lowest BCUT2D eigenvalue weighted by molar-refractivity contribution is -0.156. The van der Waals surface area contributed by atoms with E-state index in [2.05, 4.69) is 5.32 Å². The van der Waals surface area contributed by atoms with E-state index in [1.165, 1.54) is 17.0 Å². The SMILES string of the molecule is COP(=O)(OCN1C(=O)CCC(N2Cc3cc(CNC(=O)C(F)(F)c4ccc(F)cc4)ccc3C2=O)C1=O)OC1CC1. The molecule has 11 nitrogen and oxygen atoms in total. The molecule has 3 aliphatic rings. The lowest BCUT2D eigenvalue weighted by Crippen LogP contribution is -2.55. The molecule has 2 aliphatic heterocycles. The summed E-state index contributed by atoms with van der Waals surface area (Å²) in [4.78, 5) is 53.2. The van der Waals surface area contributed by atoms with Gasteiger partial charge in [-0.2, -0.15) is 8.78 Å². The zero-order chi connectivity index (χ0) is 30.2. The number of benzene rings is 2. The monoisotopic (exact) mass is 609 g/mol. The lowest BCUT2D eigenvalue weighted by atomic mass is 10.0. The molecule has 4 amide bonds. The van der Waals surface area contributed by atoms with Crippen LogP contribution in [-0.4, -0.2) is 59.4 Å². The number of hydrogen-bond acceptors (Lipinski definition) is 8. The third-order valence-electron chi connectivity index (χ3n) is 7.18. The number of halogens is 3. The van der Waals surface area contributed by atoms with Crippen LogP contribution in [0, 0.1) is 5.82 Å². The summed E-state index contributed by atoms with van der Waals surface area (Å²) in [6.07, 6.45) is 1.10. The van der Waals surface area contributed by atoms with Crippen molar-refractivity contribution in [1.29, 1.82) is 0 Å². The van der Waals surface area contributed by atoms with Crippen molar-refractivity contribution in [3.8, 4) is 0 Å². The van der Waals surface area contributed by atoms with Gasteiger partial charge in [0.05, 0.1) is 6.10 Å². The van der Waals surface area contributed by atoms with E-state index in [9.17, 15) is 36.9 Å². The zero-order valence-electron chi connectivity index (χ0n) is 22.4. The van der Waals surface area contributed by atoms with E-state index in [0.29, 0.717) is 24.0 Å². The van der Waals surface area contributed by atoms with Gasteiger partial charge in [-0.05, 0) is 60.7 Å². The van der Waals surface area contributed by atoms with Crippen LogP contribution in [0.25, 0.3) is 0 Å². The van der Waals surface area contributed by atoms with Crippen LogP contribution in [0.1, 0.15) is 52.7 Å². The number of imide groups is 1. The van der Waals surface area contributed by atoms with E-state index in [1.807, 2.05) is 0 Å². The Labute approximate surface area is 238 Å². The summed E-state index contributed by atoms with van der Waals surface area (Å²) in [5, 5.41) is 2.16. The standard InChI is InChI=1S/C27H27F3N3O8P/c1-39-42(38,41-20-7-8-20)40-15-33-23(34)11-10-22(25(33)36)32-14-17-12-16(2-9-21(17)24(32)35)13-31-26(37)27(29,30)18-3-5-19(28)6-4-18/h2-6,9,12,20,22H,7-8,10-11,13-15H2,1H3,(H,31,37). The number of carbonyl (C=O) groups is 4. The fraction of sp³-hybridized carbons (Fsp3) is 0.407. The van der Waals surface area contributed by atoms with Crippen molar-refractivity contribution in [2.75, 3.05) is 13.8 Å². The van der Waals surface area contributed by atoms with Crippen molar-refractivity contribution in [1.82, 2.24) is 15.1 Å². The van der Waals surface area contributed by atoms with Crippen LogP contribution < -0.4 is 5.32 Å². The van der Waals surface area contributed by atoms with Gasteiger partial charge in [0, 0.05) is 37.7 Å². The van der Waals surface area contributed by atoms with Crippen LogP contribution in [0.5, 0.6) is 0 Å². The average Bonchev–Trinajstić information content (AvgIpc) is 3.72. The molecule has 0 aromatic heterocycles. The van der Waals surface area contributed by atoms with Crippen molar-refractivity contribution in [2.45, 2.75) is 56.8 Å². The molecule has 2 fully saturated rings. The summed E-state index contributed by atoms with van der Waals surface area (Å²) in [7, 11) is -2.86. The number of amides is 4. The van der Waals surface area contributed by atoms with Gasteiger partial charge in [-0.25, -0.2) is 8.96 Å². The Morgan fingerprint density at radius 1 is 1.10 bits per heavy atom. The molecule has 5 rings (SSSR count). The number of alkyl halides is 2. The van der Waals surface area contributed by atoms with Crippen LogP contribution in [0.15, 0.2) is 42.5 Å². The number of phosphoric acid groups is 1. The van der Waals surface area contributed by atoms with E-state index in [0.717, 1.165) is 36.3 Å². The first-order valence-electron chi connectivity index (χ1n) is 13.1. The molecule has 2 atom stereocenters. The predicted molar refractivity (Wildman–Crippen MR) is 138 cm³/mol. The van der Waals surface area contributed by atoms with Gasteiger partial charge in [0.15, 0.2) is 0 Å². The minimum Gasteiger partial charge on any atom is -0.346 e. The van der Waals surface area contributed by atoms with Gasteiger partial charge < -0.3 is 10.2 Å². The summed E-state index contributed by atoms with van der Waals surface area (Å²) < 4.78 is 70.1. The fourth-order valence-electron chi connectivity index (χ4n) is 4.70. The van der Waals surface area contributed by atoms with Crippen LogP contribution >= 0.6 is 7.82 Å². The van der Waals surface area contributed by atoms with E-state index in [1.54, 1.807) is 6.07 Å². The molecule has 15 heteroatoms. The van der Waals surface area contributed by atoms with Crippen LogP contribution in [0.2, 0.25) is 0 Å². The molecule has 1 aliphatic carbocycles. The predicted octanol–water partition coefficient (Wildman–Crippen LogP) is 3.61. The Kier molecular flexibility index (Phi) is 8.26. The highest BCUT2D eigenvalue weighted by molar-refractivity contribution is 7.48. The van der Waals surface area contributed by atoms with Gasteiger partial charge in [-0.1, -0.05) is 12.1 Å². The Hall–Kier alpha value is -3.58. The van der Waals surface area contributed by atoms with Gasteiger partial charge in [0.2, 0.25) is 5.91 Å². The summed E-state index contributed by atoms with van der Waals surface area (Å²) in [6.45, 7) is -0.947. The Morgan fingerprint density at radius 3 is 2.48 bits per heavy atom. The van der Waals surface area contributed by atoms with Gasteiger partial charge in [-0.15, -0.1) is 0 Å². The topological polar surface area (TPSA) is 132 Å². The maximum Gasteiger partial charge on any atom is 0.476 e. The smallest absolute Gasteiger partial charge is 0.346 e. The second kappa shape index (κ2) is 11.6. The maximum absolute atomic E-state index is 14.5. The van der Waals surface area contributed by atoms with Crippen molar-refractivity contribution in [3.05, 3.63) is 70.5 Å². The molecule has 2 unspecified atom stereocenters. The molecule has 224 valence electrons. The van der Waals surface area contributed by atoms with E-state index < -0.39 is 61.5 Å². The highest BCUT2D eigenvalue weighted by Gasteiger charge is 2.45. The first-order chi connectivity index (χ1) is 19.9. The van der Waals surface area contributed by atoms with Gasteiger partial charge in [0.1, 0.15) is 18.6 Å². The third-order valence-corrected chi connectivity index (χ3v) is 8.61. The minimum absolute atomic E-state index is 0.00232. The highest BCUT2D eigenvalue weighted by Crippen LogP contribution is 2.53. The van der Waals surface area contributed by atoms with Gasteiger partial charge in [0.25, 0.3) is 17.7 Å². The molecule has 42 heavy (non-hydrogen) atoms. The molecule has 1 saturated heterocycles. The van der Waals surface area contributed by atoms with E-state index in [-0.39, 0.29) is 37.6 Å². The van der Waals surface area contributed by atoms with Crippen molar-refractivity contribution < 1.29 is 50.5 Å². The fourth-order valence-corrected chi connectivity index (χ4v) is 5.78. The lowest BCUT2D eigenvalue weighted by Gasteiger charge is -2.35. The molecule has 0 bridgehead atoms. The highest BCUT2D eigenvalue weighted by atomic mass is 31.2. The second-order valence-corrected chi connectivity index (χ2v) is 11.8. The average molecular weight is 609 g/mol. The molecule has 1 saturated carbocycles. The molecule has 1 N–H and O–H groups in total. The van der Waals surface area contributed by atoms with Crippen molar-refractivity contribution in [3.63, 3.8) is 0 Å². The quantitative estimate of drug-likeness (QED) is 0.302. The van der Waals surface area contributed by atoms with Crippen molar-refractivity contribution in [2.24, 2.45) is 0 Å². The summed E-state index contributed by atoms with van der Waals surface area (Å²) >= 11 is 0. The number of nitrogens with one attached hydrogen (secondary N) is 1. The number of phosphoric ester groups is 1. The molecular formula is C27H27F3N3O8P. The van der Waals surface area contributed by atoms with Gasteiger partial charge in [-0.3, -0.25) is 37.6 Å². The Balaban J connectivity index is 1.22. The summed E-state index contributed by atoms with van der Waals surface area (Å²) in [5.41, 5.74) is 0.562. The normalized spacial score (nSPS) is 20.5. The number of nitrogens with zero attached hydrogens (tertiary/aromatic N) is 2. The largest absolute Gasteiger partial charge is 0.476 e. The van der Waals surface area contributed by atoms with Crippen LogP contribution in [-0.2, 0) is 51.5 Å². The number of likely N-dealkylation sites (tertiary alicyclic amines) is 1. The molecule has 2 aromatic carbocycles. The molecule has 0 radical (unpaired) electrons. The van der Waals surface area contributed by atoms with Crippen LogP contribution in [0.4, 0.5) is 13.2 Å². The number of fused-ring (bicyclic) bond motifs is 1.